The summed E-state index contributed by atoms with van der Waals surface area (Å²) in [6, 6.07) is 12.8. The van der Waals surface area contributed by atoms with Crippen LogP contribution in [0, 0.1) is 0 Å². The van der Waals surface area contributed by atoms with Gasteiger partial charge in [0.2, 0.25) is 0 Å². The molecule has 1 amide bonds. The topological polar surface area (TPSA) is 122 Å². The van der Waals surface area contributed by atoms with E-state index in [-0.39, 0.29) is 6.42 Å². The molecule has 0 aliphatic carbocycles. The molecule has 0 saturated heterocycles. The molecule has 0 bridgehead atoms. The molecule has 0 saturated carbocycles. The number of carboxylic acid groups (broad SMARTS) is 2. The van der Waals surface area contributed by atoms with Crippen LogP contribution in [0.15, 0.2) is 48.5 Å². The third-order valence-corrected chi connectivity index (χ3v) is 3.70. The van der Waals surface area contributed by atoms with Crippen molar-refractivity contribution in [3.8, 4) is 11.5 Å². The van der Waals surface area contributed by atoms with Crippen LogP contribution < -0.4 is 14.8 Å². The second-order valence-corrected chi connectivity index (χ2v) is 5.66. The minimum absolute atomic E-state index is 0.0511. The molecule has 0 fully saturated rings. The van der Waals surface area contributed by atoms with Crippen molar-refractivity contribution in [2.75, 3.05) is 7.11 Å². The monoisotopic (exact) mass is 373 g/mol. The fourth-order valence-electron chi connectivity index (χ4n) is 2.31. The Balaban J connectivity index is 1.95. The van der Waals surface area contributed by atoms with Gasteiger partial charge in [0.15, 0.2) is 0 Å². The lowest BCUT2D eigenvalue weighted by Gasteiger charge is -2.13. The van der Waals surface area contributed by atoms with Crippen molar-refractivity contribution < 1.29 is 34.1 Å². The zero-order valence-electron chi connectivity index (χ0n) is 14.5. The Morgan fingerprint density at radius 2 is 1.70 bits per heavy atom. The second-order valence-electron chi connectivity index (χ2n) is 5.66. The molecule has 0 heterocycles. The van der Waals surface area contributed by atoms with Gasteiger partial charge in [-0.25, -0.2) is 9.59 Å². The third-order valence-electron chi connectivity index (χ3n) is 3.70. The molecule has 0 radical (unpaired) electrons. The van der Waals surface area contributed by atoms with Crippen molar-refractivity contribution in [3.63, 3.8) is 0 Å². The van der Waals surface area contributed by atoms with Crippen LogP contribution in [0.2, 0.25) is 0 Å². The first-order valence-corrected chi connectivity index (χ1v) is 8.00. The van der Waals surface area contributed by atoms with Gasteiger partial charge in [-0.3, -0.25) is 4.79 Å². The van der Waals surface area contributed by atoms with Crippen LogP contribution in [0.25, 0.3) is 0 Å². The first kappa shape index (κ1) is 19.8. The Morgan fingerprint density at radius 3 is 2.30 bits per heavy atom. The molecule has 3 N–H and O–H groups in total. The molecule has 2 rings (SSSR count). The highest BCUT2D eigenvalue weighted by atomic mass is 16.5. The first-order valence-electron chi connectivity index (χ1n) is 8.00. The lowest BCUT2D eigenvalue weighted by Crippen LogP contribution is -2.45. The largest absolute Gasteiger partial charge is 0.497 e. The highest BCUT2D eigenvalue weighted by molar-refractivity contribution is 6.31. The van der Waals surface area contributed by atoms with Gasteiger partial charge in [0.1, 0.15) is 24.1 Å². The van der Waals surface area contributed by atoms with E-state index in [0.717, 1.165) is 11.3 Å². The van der Waals surface area contributed by atoms with Crippen LogP contribution in [-0.4, -0.2) is 41.2 Å². The van der Waals surface area contributed by atoms with Crippen LogP contribution in [0.5, 0.6) is 11.5 Å². The maximum absolute atomic E-state index is 11.2. The Labute approximate surface area is 155 Å². The van der Waals surface area contributed by atoms with Crippen molar-refractivity contribution in [2.24, 2.45) is 0 Å². The molecule has 0 aliphatic heterocycles. The molecule has 2 aromatic carbocycles. The number of hydrogen-bond donors (Lipinski definition) is 3. The lowest BCUT2D eigenvalue weighted by atomic mass is 10.1. The molecular weight excluding hydrogens is 354 g/mol. The predicted molar refractivity (Wildman–Crippen MR) is 94.7 cm³/mol. The summed E-state index contributed by atoms with van der Waals surface area (Å²) in [6.45, 7) is 0.336. The van der Waals surface area contributed by atoms with E-state index < -0.39 is 23.9 Å². The summed E-state index contributed by atoms with van der Waals surface area (Å²) in [5.74, 6) is -3.09. The fraction of sp³-hybridized carbons (Fsp3) is 0.211. The van der Waals surface area contributed by atoms with E-state index in [1.807, 2.05) is 29.6 Å². The van der Waals surface area contributed by atoms with E-state index in [0.29, 0.717) is 17.9 Å². The smallest absolute Gasteiger partial charge is 0.394 e. The van der Waals surface area contributed by atoms with E-state index in [1.165, 1.54) is 0 Å². The molecule has 8 nitrogen and oxygen atoms in total. The van der Waals surface area contributed by atoms with Crippen LogP contribution in [0.3, 0.4) is 0 Å². The average molecular weight is 373 g/mol. The number of rotatable bonds is 8. The maximum atomic E-state index is 11.2. The Bertz CT molecular complexity index is 817. The second kappa shape index (κ2) is 9.23. The molecule has 0 aliphatic rings. The summed E-state index contributed by atoms with van der Waals surface area (Å²) in [5.41, 5.74) is 1.54. The number of benzene rings is 2. The number of carbonyl (C=O) groups excluding carboxylic acids is 1. The van der Waals surface area contributed by atoms with E-state index in [9.17, 15) is 14.4 Å². The average Bonchev–Trinajstić information content (AvgIpc) is 2.66. The number of nitrogens with one attached hydrogen (secondary N) is 1. The van der Waals surface area contributed by atoms with Gasteiger partial charge in [0.25, 0.3) is 0 Å². The zero-order chi connectivity index (χ0) is 19.8. The molecule has 8 heteroatoms. The fourth-order valence-corrected chi connectivity index (χ4v) is 2.31. The van der Waals surface area contributed by atoms with Crippen molar-refractivity contribution in [3.05, 3.63) is 59.7 Å². The van der Waals surface area contributed by atoms with Crippen LogP contribution in [-0.2, 0) is 27.4 Å². The normalized spacial score (nSPS) is 11.3. The highest BCUT2D eigenvalue weighted by Crippen LogP contribution is 2.17. The molecular formula is C19H19NO7. The summed E-state index contributed by atoms with van der Waals surface area (Å²) >= 11 is 0. The maximum Gasteiger partial charge on any atom is 0.394 e. The van der Waals surface area contributed by atoms with Gasteiger partial charge in [-0.15, -0.1) is 0 Å². The number of methoxy groups -OCH3 is 1. The van der Waals surface area contributed by atoms with Gasteiger partial charge in [-0.1, -0.05) is 24.3 Å². The van der Waals surface area contributed by atoms with Crippen molar-refractivity contribution in [1.29, 1.82) is 0 Å². The summed E-state index contributed by atoms with van der Waals surface area (Å²) in [4.78, 5) is 32.9. The number of carboxylic acids is 2. The quantitative estimate of drug-likeness (QED) is 0.599. The standard InChI is InChI=1S/C19H19NO7/c1-26-15-4-2-3-13(9-15)11-27-14-7-5-12(6-8-14)10-16(18(22)23)20-17(21)19(24)25/h2-9,16H,10-11H2,1H3,(H,20,21)(H,22,23)(H,24,25)/t16-/m1/s1. The van der Waals surface area contributed by atoms with Crippen molar-refractivity contribution in [2.45, 2.75) is 19.1 Å². The van der Waals surface area contributed by atoms with E-state index in [1.54, 1.807) is 31.4 Å². The van der Waals surface area contributed by atoms with Crippen molar-refractivity contribution in [1.82, 2.24) is 5.32 Å². The third kappa shape index (κ3) is 6.03. The number of amides is 1. The Morgan fingerprint density at radius 1 is 1.00 bits per heavy atom. The van der Waals surface area contributed by atoms with Gasteiger partial charge in [-0.05, 0) is 35.4 Å². The SMILES string of the molecule is COc1cccc(COc2ccc(C[C@@H](NC(=O)C(=O)O)C(=O)O)cc2)c1. The number of aliphatic carboxylic acids is 2. The van der Waals surface area contributed by atoms with Crippen LogP contribution >= 0.6 is 0 Å². The van der Waals surface area contributed by atoms with Crippen LogP contribution in [0.1, 0.15) is 11.1 Å². The van der Waals surface area contributed by atoms with Gasteiger partial charge in [0, 0.05) is 6.42 Å². The summed E-state index contributed by atoms with van der Waals surface area (Å²) in [5, 5.41) is 19.7. The zero-order valence-corrected chi connectivity index (χ0v) is 14.5. The first-order chi connectivity index (χ1) is 12.9. The summed E-state index contributed by atoms with van der Waals surface area (Å²) < 4.78 is 10.8. The number of ether oxygens (including phenoxy) is 2. The van der Waals surface area contributed by atoms with E-state index in [4.69, 9.17) is 19.7 Å². The molecule has 1 atom stereocenters. The number of hydrogen-bond acceptors (Lipinski definition) is 5. The lowest BCUT2D eigenvalue weighted by molar-refractivity contribution is -0.152. The molecule has 0 unspecified atom stereocenters. The van der Waals surface area contributed by atoms with Gasteiger partial charge in [-0.2, -0.15) is 0 Å². The minimum atomic E-state index is -1.73. The molecule has 142 valence electrons. The van der Waals surface area contributed by atoms with Gasteiger partial charge in [0.05, 0.1) is 7.11 Å². The van der Waals surface area contributed by atoms with Crippen molar-refractivity contribution >= 4 is 17.8 Å². The highest BCUT2D eigenvalue weighted by Gasteiger charge is 2.23. The minimum Gasteiger partial charge on any atom is -0.497 e. The predicted octanol–water partition coefficient (Wildman–Crippen LogP) is 1.47. The molecule has 0 spiro atoms. The van der Waals surface area contributed by atoms with Gasteiger partial charge < -0.3 is 25.0 Å². The summed E-state index contributed by atoms with van der Waals surface area (Å²) in [7, 11) is 1.59. The number of carbonyl (C=O) groups is 3. The molecule has 0 aromatic heterocycles. The van der Waals surface area contributed by atoms with Crippen LogP contribution in [0.4, 0.5) is 0 Å². The summed E-state index contributed by atoms with van der Waals surface area (Å²) in [6.07, 6.45) is -0.0511. The van der Waals surface area contributed by atoms with E-state index in [2.05, 4.69) is 0 Å². The van der Waals surface area contributed by atoms with Gasteiger partial charge >= 0.3 is 17.8 Å². The van der Waals surface area contributed by atoms with E-state index >= 15 is 0 Å². The molecule has 2 aromatic rings. The Hall–Kier alpha value is -3.55. The molecule has 27 heavy (non-hydrogen) atoms. The Kier molecular flexibility index (Phi) is 6.76.